The molecule has 1 fully saturated rings. The first-order valence-electron chi connectivity index (χ1n) is 6.10. The summed E-state index contributed by atoms with van der Waals surface area (Å²) >= 11 is 0. The molecule has 2 aliphatic rings. The Kier molecular flexibility index (Phi) is 3.27. The van der Waals surface area contributed by atoms with E-state index < -0.39 is 0 Å². The molecule has 2 rings (SSSR count). The van der Waals surface area contributed by atoms with E-state index in [4.69, 9.17) is 0 Å². The van der Waals surface area contributed by atoms with Crippen LogP contribution < -0.4 is 0 Å². The number of rotatable bonds is 1. The van der Waals surface area contributed by atoms with Crippen LogP contribution in [0.4, 0.5) is 0 Å². The minimum absolute atomic E-state index is 0.159. The van der Waals surface area contributed by atoms with E-state index in [-0.39, 0.29) is 6.10 Å². The van der Waals surface area contributed by atoms with E-state index in [0.717, 1.165) is 24.2 Å². The summed E-state index contributed by atoms with van der Waals surface area (Å²) in [6.45, 7) is 2.37. The summed E-state index contributed by atoms with van der Waals surface area (Å²) in [5.41, 5.74) is 0. The molecule has 0 heterocycles. The van der Waals surface area contributed by atoms with Gasteiger partial charge in [0.2, 0.25) is 0 Å². The van der Waals surface area contributed by atoms with Crippen LogP contribution in [0.2, 0.25) is 0 Å². The van der Waals surface area contributed by atoms with Crippen molar-refractivity contribution in [3.63, 3.8) is 0 Å². The lowest BCUT2D eigenvalue weighted by molar-refractivity contribution is 0.128. The predicted molar refractivity (Wildman–Crippen MR) is 59.0 cm³/mol. The average molecular weight is 194 g/mol. The Bertz CT molecular complexity index is 201. The molecule has 0 spiro atoms. The van der Waals surface area contributed by atoms with Gasteiger partial charge in [0.1, 0.15) is 0 Å². The van der Waals surface area contributed by atoms with E-state index in [0.29, 0.717) is 0 Å². The van der Waals surface area contributed by atoms with Gasteiger partial charge in [0.15, 0.2) is 0 Å². The van der Waals surface area contributed by atoms with E-state index in [9.17, 15) is 5.11 Å². The Morgan fingerprint density at radius 1 is 1.07 bits per heavy atom. The Hall–Kier alpha value is -0.300. The maximum absolute atomic E-state index is 9.58. The summed E-state index contributed by atoms with van der Waals surface area (Å²) in [5, 5.41) is 9.58. The van der Waals surface area contributed by atoms with Crippen LogP contribution in [0, 0.1) is 17.8 Å². The average Bonchev–Trinajstić information content (AvgIpc) is 2.19. The minimum Gasteiger partial charge on any atom is -0.389 e. The molecule has 1 saturated carbocycles. The molecular formula is C13H22O. The molecule has 0 aliphatic heterocycles. The van der Waals surface area contributed by atoms with Crippen molar-refractivity contribution >= 4 is 0 Å². The number of hydrogen-bond acceptors (Lipinski definition) is 1. The SMILES string of the molecule is CC1CCC(C2CC=CC(O)C2)CC1. The van der Waals surface area contributed by atoms with Gasteiger partial charge in [-0.1, -0.05) is 31.9 Å². The third kappa shape index (κ3) is 2.38. The predicted octanol–water partition coefficient (Wildman–Crippen LogP) is 3.14. The van der Waals surface area contributed by atoms with Crippen molar-refractivity contribution in [2.24, 2.45) is 17.8 Å². The van der Waals surface area contributed by atoms with Crippen LogP contribution in [0.25, 0.3) is 0 Å². The Balaban J connectivity index is 1.86. The van der Waals surface area contributed by atoms with E-state index in [1.54, 1.807) is 0 Å². The fourth-order valence-corrected chi connectivity index (χ4v) is 3.04. The van der Waals surface area contributed by atoms with Crippen molar-refractivity contribution in [3.8, 4) is 0 Å². The monoisotopic (exact) mass is 194 g/mol. The molecule has 1 N–H and O–H groups in total. The van der Waals surface area contributed by atoms with Crippen LogP contribution in [-0.2, 0) is 0 Å². The van der Waals surface area contributed by atoms with Gasteiger partial charge in [0.25, 0.3) is 0 Å². The summed E-state index contributed by atoms with van der Waals surface area (Å²) in [5.74, 6) is 2.60. The topological polar surface area (TPSA) is 20.2 Å². The highest BCUT2D eigenvalue weighted by molar-refractivity contribution is 4.98. The lowest BCUT2D eigenvalue weighted by Crippen LogP contribution is -2.25. The second-order valence-electron chi connectivity index (χ2n) is 5.25. The van der Waals surface area contributed by atoms with Gasteiger partial charge >= 0.3 is 0 Å². The minimum atomic E-state index is -0.159. The molecule has 1 heteroatoms. The third-order valence-electron chi connectivity index (χ3n) is 4.07. The molecule has 2 unspecified atom stereocenters. The van der Waals surface area contributed by atoms with Crippen molar-refractivity contribution < 1.29 is 5.11 Å². The van der Waals surface area contributed by atoms with Crippen molar-refractivity contribution in [2.45, 2.75) is 51.6 Å². The summed E-state index contributed by atoms with van der Waals surface area (Å²) in [6.07, 6.45) is 11.8. The molecule has 14 heavy (non-hydrogen) atoms. The van der Waals surface area contributed by atoms with Gasteiger partial charge in [0, 0.05) is 0 Å². The summed E-state index contributed by atoms with van der Waals surface area (Å²) < 4.78 is 0. The standard InChI is InChI=1S/C13H22O/c1-10-5-7-11(8-6-10)12-3-2-4-13(14)9-12/h2,4,10-14H,3,5-9H2,1H3. The lowest BCUT2D eigenvalue weighted by Gasteiger charge is -2.34. The Morgan fingerprint density at radius 3 is 2.43 bits per heavy atom. The quantitative estimate of drug-likeness (QED) is 0.636. The Morgan fingerprint density at radius 2 is 1.79 bits per heavy atom. The zero-order chi connectivity index (χ0) is 9.97. The molecule has 0 radical (unpaired) electrons. The second-order valence-corrected chi connectivity index (χ2v) is 5.25. The molecular weight excluding hydrogens is 172 g/mol. The molecule has 0 aromatic rings. The van der Waals surface area contributed by atoms with Crippen molar-refractivity contribution in [1.29, 1.82) is 0 Å². The van der Waals surface area contributed by atoms with Crippen molar-refractivity contribution in [1.82, 2.24) is 0 Å². The van der Waals surface area contributed by atoms with Gasteiger partial charge in [-0.2, -0.15) is 0 Å². The first-order valence-corrected chi connectivity index (χ1v) is 6.10. The highest BCUT2D eigenvalue weighted by atomic mass is 16.3. The fraction of sp³-hybridized carbons (Fsp3) is 0.846. The zero-order valence-corrected chi connectivity index (χ0v) is 9.15. The normalized spacial score (nSPS) is 43.9. The largest absolute Gasteiger partial charge is 0.389 e. The van der Waals surface area contributed by atoms with E-state index >= 15 is 0 Å². The summed E-state index contributed by atoms with van der Waals surface area (Å²) in [6, 6.07) is 0. The Labute approximate surface area is 87.2 Å². The third-order valence-corrected chi connectivity index (χ3v) is 4.07. The van der Waals surface area contributed by atoms with Crippen LogP contribution >= 0.6 is 0 Å². The first kappa shape index (κ1) is 10.2. The maximum atomic E-state index is 9.58. The molecule has 0 amide bonds. The van der Waals surface area contributed by atoms with Gasteiger partial charge < -0.3 is 5.11 Å². The highest BCUT2D eigenvalue weighted by Gasteiger charge is 2.27. The van der Waals surface area contributed by atoms with Crippen LogP contribution in [0.15, 0.2) is 12.2 Å². The highest BCUT2D eigenvalue weighted by Crippen LogP contribution is 2.38. The van der Waals surface area contributed by atoms with Gasteiger partial charge in [0.05, 0.1) is 6.10 Å². The molecule has 0 bridgehead atoms. The molecule has 1 nitrogen and oxygen atoms in total. The molecule has 2 atom stereocenters. The smallest absolute Gasteiger partial charge is 0.0723 e. The first-order chi connectivity index (χ1) is 6.75. The van der Waals surface area contributed by atoms with Crippen molar-refractivity contribution in [2.75, 3.05) is 0 Å². The molecule has 2 aliphatic carbocycles. The van der Waals surface area contributed by atoms with E-state index in [1.807, 2.05) is 6.08 Å². The van der Waals surface area contributed by atoms with E-state index in [2.05, 4.69) is 13.0 Å². The van der Waals surface area contributed by atoms with Gasteiger partial charge in [-0.3, -0.25) is 0 Å². The molecule has 0 aromatic heterocycles. The fourth-order valence-electron chi connectivity index (χ4n) is 3.04. The molecule has 0 saturated heterocycles. The van der Waals surface area contributed by atoms with Gasteiger partial charge in [-0.05, 0) is 43.4 Å². The van der Waals surface area contributed by atoms with Gasteiger partial charge in [-0.25, -0.2) is 0 Å². The second kappa shape index (κ2) is 4.48. The number of hydrogen-bond donors (Lipinski definition) is 1. The van der Waals surface area contributed by atoms with Crippen molar-refractivity contribution in [3.05, 3.63) is 12.2 Å². The molecule has 80 valence electrons. The maximum Gasteiger partial charge on any atom is 0.0723 e. The van der Waals surface area contributed by atoms with Crippen LogP contribution in [0.3, 0.4) is 0 Å². The summed E-state index contributed by atoms with van der Waals surface area (Å²) in [4.78, 5) is 0. The molecule has 0 aromatic carbocycles. The number of aliphatic hydroxyl groups is 1. The summed E-state index contributed by atoms with van der Waals surface area (Å²) in [7, 11) is 0. The van der Waals surface area contributed by atoms with E-state index in [1.165, 1.54) is 32.1 Å². The van der Waals surface area contributed by atoms with Crippen LogP contribution in [-0.4, -0.2) is 11.2 Å². The zero-order valence-electron chi connectivity index (χ0n) is 9.15. The number of allylic oxidation sites excluding steroid dienone is 1. The van der Waals surface area contributed by atoms with Crippen LogP contribution in [0.1, 0.15) is 45.4 Å². The van der Waals surface area contributed by atoms with Crippen LogP contribution in [0.5, 0.6) is 0 Å². The lowest BCUT2D eigenvalue weighted by atomic mass is 9.72. The van der Waals surface area contributed by atoms with Gasteiger partial charge in [-0.15, -0.1) is 0 Å². The number of aliphatic hydroxyl groups excluding tert-OH is 1.